The molecule has 1 saturated carbocycles. The zero-order valence-electron chi connectivity index (χ0n) is 17.9. The van der Waals surface area contributed by atoms with Gasteiger partial charge in [0.05, 0.1) is 5.56 Å². The molecule has 0 aromatic heterocycles. The molecule has 1 atom stereocenters. The Kier molecular flexibility index (Phi) is 7.78. The van der Waals surface area contributed by atoms with Crippen LogP contribution in [0.3, 0.4) is 0 Å². The molecular weight excluding hydrogens is 364 g/mol. The van der Waals surface area contributed by atoms with Crippen LogP contribution in [0.15, 0.2) is 18.2 Å². The van der Waals surface area contributed by atoms with E-state index in [9.17, 15) is 9.59 Å². The summed E-state index contributed by atoms with van der Waals surface area (Å²) in [6.07, 6.45) is 10.1. The Balaban J connectivity index is 1.74. The highest BCUT2D eigenvalue weighted by atomic mass is 16.2. The zero-order valence-corrected chi connectivity index (χ0v) is 17.9. The van der Waals surface area contributed by atoms with E-state index in [1.165, 1.54) is 25.7 Å². The lowest BCUT2D eigenvalue weighted by Gasteiger charge is -2.31. The van der Waals surface area contributed by atoms with Gasteiger partial charge in [-0.2, -0.15) is 0 Å². The average Bonchev–Trinajstić information content (AvgIpc) is 2.74. The first kappa shape index (κ1) is 21.5. The Morgan fingerprint density at radius 1 is 1.07 bits per heavy atom. The number of carbonyl (C=O) groups excluding carboxylic acids is 2. The first-order valence-corrected chi connectivity index (χ1v) is 11.3. The smallest absolute Gasteiger partial charge is 0.319 e. The van der Waals surface area contributed by atoms with Gasteiger partial charge in [0, 0.05) is 36.5 Å². The normalized spacial score (nSPS) is 18.8. The summed E-state index contributed by atoms with van der Waals surface area (Å²) in [4.78, 5) is 27.7. The monoisotopic (exact) mass is 400 g/mol. The minimum absolute atomic E-state index is 0.0729. The van der Waals surface area contributed by atoms with E-state index in [0.717, 1.165) is 50.9 Å². The van der Waals surface area contributed by atoms with Crippen molar-refractivity contribution in [1.82, 2.24) is 10.6 Å². The van der Waals surface area contributed by atoms with E-state index < -0.39 is 0 Å². The van der Waals surface area contributed by atoms with Gasteiger partial charge < -0.3 is 20.9 Å². The predicted molar refractivity (Wildman–Crippen MR) is 119 cm³/mol. The fraction of sp³-hybridized carbons (Fsp3) is 0.652. The third-order valence-corrected chi connectivity index (χ3v) is 6.13. The highest BCUT2D eigenvalue weighted by Crippen LogP contribution is 2.27. The minimum Gasteiger partial charge on any atom is -0.371 e. The van der Waals surface area contributed by atoms with Crippen LogP contribution in [0.25, 0.3) is 0 Å². The number of urea groups is 1. The molecule has 160 valence electrons. The SMILES string of the molecule is CC[C@H](C)NC(=O)c1cc(NC(=O)NC2CCCCC2)ccc1N1CCCCC1. The highest BCUT2D eigenvalue weighted by molar-refractivity contribution is 6.02. The molecule has 2 fully saturated rings. The molecule has 29 heavy (non-hydrogen) atoms. The van der Waals surface area contributed by atoms with Gasteiger partial charge in [-0.25, -0.2) is 4.79 Å². The zero-order chi connectivity index (χ0) is 20.6. The summed E-state index contributed by atoms with van der Waals surface area (Å²) in [5.74, 6) is -0.0729. The van der Waals surface area contributed by atoms with Crippen LogP contribution in [0.2, 0.25) is 0 Å². The standard InChI is InChI=1S/C23H36N4O2/c1-3-17(2)24-22(28)20-16-19(12-13-21(20)27-14-8-5-9-15-27)26-23(29)25-18-10-6-4-7-11-18/h12-13,16-18H,3-11,14-15H2,1-2H3,(H,24,28)(H2,25,26,29)/t17-/m0/s1. The molecule has 1 aliphatic carbocycles. The molecule has 1 aromatic rings. The molecule has 0 radical (unpaired) electrons. The Morgan fingerprint density at radius 3 is 2.45 bits per heavy atom. The predicted octanol–water partition coefficient (Wildman–Crippen LogP) is 4.66. The molecule has 3 rings (SSSR count). The molecule has 0 unspecified atom stereocenters. The summed E-state index contributed by atoms with van der Waals surface area (Å²) in [5, 5.41) is 9.09. The van der Waals surface area contributed by atoms with Gasteiger partial charge in [0.15, 0.2) is 0 Å². The van der Waals surface area contributed by atoms with Gasteiger partial charge in [-0.15, -0.1) is 0 Å². The fourth-order valence-corrected chi connectivity index (χ4v) is 4.21. The second kappa shape index (κ2) is 10.5. The molecule has 1 heterocycles. The Bertz CT molecular complexity index is 694. The number of nitrogens with one attached hydrogen (secondary N) is 3. The van der Waals surface area contributed by atoms with Crippen LogP contribution in [0.1, 0.15) is 82.0 Å². The van der Waals surface area contributed by atoms with Crippen LogP contribution in [0.4, 0.5) is 16.2 Å². The van der Waals surface area contributed by atoms with E-state index in [0.29, 0.717) is 11.3 Å². The average molecular weight is 401 g/mol. The first-order valence-electron chi connectivity index (χ1n) is 11.3. The second-order valence-corrected chi connectivity index (χ2v) is 8.50. The van der Waals surface area contributed by atoms with Gasteiger partial charge in [0.1, 0.15) is 0 Å². The topological polar surface area (TPSA) is 73.5 Å². The van der Waals surface area contributed by atoms with Gasteiger partial charge in [-0.1, -0.05) is 26.2 Å². The number of amides is 3. The largest absolute Gasteiger partial charge is 0.371 e. The molecule has 1 saturated heterocycles. The highest BCUT2D eigenvalue weighted by Gasteiger charge is 2.21. The maximum absolute atomic E-state index is 13.0. The summed E-state index contributed by atoms with van der Waals surface area (Å²) < 4.78 is 0. The van der Waals surface area contributed by atoms with Crippen LogP contribution in [-0.2, 0) is 0 Å². The lowest BCUT2D eigenvalue weighted by atomic mass is 9.96. The summed E-state index contributed by atoms with van der Waals surface area (Å²) in [5.41, 5.74) is 2.26. The molecule has 3 N–H and O–H groups in total. The Labute approximate surface area is 174 Å². The number of hydrogen-bond acceptors (Lipinski definition) is 3. The number of rotatable bonds is 6. The molecule has 6 heteroatoms. The Morgan fingerprint density at radius 2 is 1.76 bits per heavy atom. The van der Waals surface area contributed by atoms with Crippen LogP contribution in [0.5, 0.6) is 0 Å². The number of anilines is 2. The third kappa shape index (κ3) is 6.12. The maximum Gasteiger partial charge on any atom is 0.319 e. The number of nitrogens with zero attached hydrogens (tertiary/aromatic N) is 1. The van der Waals surface area contributed by atoms with Crippen molar-refractivity contribution in [1.29, 1.82) is 0 Å². The quantitative estimate of drug-likeness (QED) is 0.650. The summed E-state index contributed by atoms with van der Waals surface area (Å²) in [6.45, 7) is 6.01. The molecule has 3 amide bonds. The van der Waals surface area contributed by atoms with Crippen LogP contribution < -0.4 is 20.9 Å². The minimum atomic E-state index is -0.184. The number of hydrogen-bond donors (Lipinski definition) is 3. The molecule has 1 aromatic carbocycles. The molecule has 1 aliphatic heterocycles. The molecule has 2 aliphatic rings. The molecule has 0 spiro atoms. The summed E-state index contributed by atoms with van der Waals surface area (Å²) in [6, 6.07) is 5.89. The second-order valence-electron chi connectivity index (χ2n) is 8.50. The lowest BCUT2D eigenvalue weighted by molar-refractivity contribution is 0.0939. The van der Waals surface area contributed by atoms with Crippen molar-refractivity contribution >= 4 is 23.3 Å². The van der Waals surface area contributed by atoms with E-state index >= 15 is 0 Å². The summed E-state index contributed by atoms with van der Waals surface area (Å²) in [7, 11) is 0. The van der Waals surface area contributed by atoms with Gasteiger partial charge in [-0.3, -0.25) is 4.79 Å². The summed E-state index contributed by atoms with van der Waals surface area (Å²) >= 11 is 0. The first-order chi connectivity index (χ1) is 14.1. The fourth-order valence-electron chi connectivity index (χ4n) is 4.21. The van der Waals surface area contributed by atoms with Crippen molar-refractivity contribution in [3.8, 4) is 0 Å². The van der Waals surface area contributed by atoms with E-state index in [1.54, 1.807) is 0 Å². The Hall–Kier alpha value is -2.24. The van der Waals surface area contributed by atoms with E-state index in [-0.39, 0.29) is 24.0 Å². The van der Waals surface area contributed by atoms with Crippen molar-refractivity contribution in [2.45, 2.75) is 83.7 Å². The van der Waals surface area contributed by atoms with Gasteiger partial charge in [0.2, 0.25) is 0 Å². The van der Waals surface area contributed by atoms with E-state index in [2.05, 4.69) is 27.8 Å². The van der Waals surface area contributed by atoms with Crippen LogP contribution in [0, 0.1) is 0 Å². The van der Waals surface area contributed by atoms with Gasteiger partial charge in [0.25, 0.3) is 5.91 Å². The van der Waals surface area contributed by atoms with Crippen molar-refractivity contribution < 1.29 is 9.59 Å². The molecule has 6 nitrogen and oxygen atoms in total. The molecular formula is C23H36N4O2. The van der Waals surface area contributed by atoms with Crippen molar-refractivity contribution in [2.24, 2.45) is 0 Å². The number of benzene rings is 1. The van der Waals surface area contributed by atoms with E-state index in [1.807, 2.05) is 25.1 Å². The van der Waals surface area contributed by atoms with Crippen molar-refractivity contribution in [3.63, 3.8) is 0 Å². The van der Waals surface area contributed by atoms with Gasteiger partial charge in [-0.05, 0) is 63.6 Å². The lowest BCUT2D eigenvalue weighted by Crippen LogP contribution is -2.39. The van der Waals surface area contributed by atoms with Crippen LogP contribution >= 0.6 is 0 Å². The van der Waals surface area contributed by atoms with E-state index in [4.69, 9.17) is 0 Å². The third-order valence-electron chi connectivity index (χ3n) is 6.13. The van der Waals surface area contributed by atoms with Gasteiger partial charge >= 0.3 is 6.03 Å². The maximum atomic E-state index is 13.0. The van der Waals surface area contributed by atoms with Crippen molar-refractivity contribution in [3.05, 3.63) is 23.8 Å². The number of piperidine rings is 1. The molecule has 0 bridgehead atoms. The van der Waals surface area contributed by atoms with Crippen LogP contribution in [-0.4, -0.2) is 37.1 Å². The number of carbonyl (C=O) groups is 2. The van der Waals surface area contributed by atoms with Crippen molar-refractivity contribution in [2.75, 3.05) is 23.3 Å².